The zero-order valence-electron chi connectivity index (χ0n) is 12.5. The van der Waals surface area contributed by atoms with E-state index in [4.69, 9.17) is 0 Å². The summed E-state index contributed by atoms with van der Waals surface area (Å²) >= 11 is 0. The zero-order valence-corrected chi connectivity index (χ0v) is 12.5. The van der Waals surface area contributed by atoms with Gasteiger partial charge in [0.15, 0.2) is 6.10 Å². The summed E-state index contributed by atoms with van der Waals surface area (Å²) in [5.74, 6) is -3.72. The highest BCUT2D eigenvalue weighted by Gasteiger charge is 2.44. The number of benzene rings is 1. The predicted octanol–water partition coefficient (Wildman–Crippen LogP) is 1.93. The fraction of sp³-hybridized carbons (Fsp3) is 0.467. The third-order valence-corrected chi connectivity index (χ3v) is 3.93. The molecule has 1 fully saturated rings. The number of piperidine rings is 1. The van der Waals surface area contributed by atoms with E-state index in [1.165, 1.54) is 18.2 Å². The number of carbonyl (C=O) groups excluding carboxylic acids is 2. The van der Waals surface area contributed by atoms with Crippen LogP contribution in [0, 0.1) is 11.7 Å². The van der Waals surface area contributed by atoms with Crippen LogP contribution in [0.3, 0.4) is 0 Å². The molecular formula is C15H16F4N2O3. The quantitative estimate of drug-likeness (QED) is 0.634. The van der Waals surface area contributed by atoms with Crippen LogP contribution >= 0.6 is 0 Å². The molecule has 1 aliphatic heterocycles. The maximum Gasteiger partial charge on any atom is 0.414 e. The van der Waals surface area contributed by atoms with Crippen molar-refractivity contribution in [2.24, 2.45) is 5.92 Å². The van der Waals surface area contributed by atoms with Crippen LogP contribution in [-0.2, 0) is 9.59 Å². The van der Waals surface area contributed by atoms with Crippen molar-refractivity contribution in [3.05, 3.63) is 30.1 Å². The van der Waals surface area contributed by atoms with E-state index in [-0.39, 0.29) is 31.6 Å². The van der Waals surface area contributed by atoms with Crippen molar-refractivity contribution in [2.75, 3.05) is 18.4 Å². The largest absolute Gasteiger partial charge is 0.414 e. The summed E-state index contributed by atoms with van der Waals surface area (Å²) in [6.07, 6.45) is -7.29. The summed E-state index contributed by atoms with van der Waals surface area (Å²) in [6, 6.07) is 5.30. The first-order valence-electron chi connectivity index (χ1n) is 7.29. The maximum absolute atomic E-state index is 13.4. The normalized spacial score (nSPS) is 17.5. The molecule has 9 heteroatoms. The number of nitrogens with zero attached hydrogens (tertiary/aromatic N) is 1. The number of hydrogen-bond donors (Lipinski definition) is 2. The highest BCUT2D eigenvalue weighted by molar-refractivity contribution is 6.39. The molecule has 24 heavy (non-hydrogen) atoms. The molecule has 1 saturated heterocycles. The summed E-state index contributed by atoms with van der Waals surface area (Å²) in [5.41, 5.74) is -0.154. The van der Waals surface area contributed by atoms with Crippen LogP contribution in [0.5, 0.6) is 0 Å². The Hall–Kier alpha value is -2.16. The van der Waals surface area contributed by atoms with Crippen molar-refractivity contribution in [1.82, 2.24) is 4.90 Å². The summed E-state index contributed by atoms with van der Waals surface area (Å²) in [6.45, 7) is -0.164. The van der Waals surface area contributed by atoms with Gasteiger partial charge in [-0.1, -0.05) is 12.1 Å². The number of anilines is 1. The molecule has 1 aromatic rings. The first-order valence-corrected chi connectivity index (χ1v) is 7.29. The molecule has 0 radical (unpaired) electrons. The molecule has 1 heterocycles. The lowest BCUT2D eigenvalue weighted by atomic mass is 9.91. The van der Waals surface area contributed by atoms with E-state index in [0.29, 0.717) is 0 Å². The fourth-order valence-corrected chi connectivity index (χ4v) is 2.57. The van der Waals surface area contributed by atoms with Crippen molar-refractivity contribution >= 4 is 17.5 Å². The van der Waals surface area contributed by atoms with Gasteiger partial charge in [-0.25, -0.2) is 4.39 Å². The minimum Gasteiger partial charge on any atom is -0.383 e. The first-order chi connectivity index (χ1) is 11.2. The number of likely N-dealkylation sites (tertiary alicyclic amines) is 1. The number of aliphatic hydroxyl groups excluding tert-OH is 1. The molecule has 0 aliphatic carbocycles. The summed E-state index contributed by atoms with van der Waals surface area (Å²) in [5, 5.41) is 11.4. The molecule has 0 spiro atoms. The Morgan fingerprint density at radius 3 is 2.33 bits per heavy atom. The second kappa shape index (κ2) is 7.16. The molecule has 1 atom stereocenters. The van der Waals surface area contributed by atoms with Crippen molar-refractivity contribution in [2.45, 2.75) is 25.1 Å². The number of rotatable bonds is 2. The molecule has 132 valence electrons. The molecule has 2 amide bonds. The number of nitrogens with one attached hydrogen (secondary N) is 1. The Bertz CT molecular complexity index is 613. The van der Waals surface area contributed by atoms with Crippen molar-refractivity contribution in [3.8, 4) is 0 Å². The topological polar surface area (TPSA) is 69.6 Å². The van der Waals surface area contributed by atoms with Gasteiger partial charge in [-0.3, -0.25) is 9.59 Å². The van der Waals surface area contributed by atoms with Crippen LogP contribution in [0.25, 0.3) is 0 Å². The fourth-order valence-electron chi connectivity index (χ4n) is 2.57. The van der Waals surface area contributed by atoms with E-state index in [2.05, 4.69) is 5.32 Å². The molecule has 1 unspecified atom stereocenters. The van der Waals surface area contributed by atoms with Crippen LogP contribution in [0.4, 0.5) is 23.2 Å². The highest BCUT2D eigenvalue weighted by Crippen LogP contribution is 2.31. The standard InChI is InChI=1S/C15H16F4N2O3/c16-10-3-1-2-4-11(10)20-13(23)14(24)21-7-5-9(6-8-21)12(22)15(17,18)19/h1-4,9,12,22H,5-8H2,(H,20,23). The van der Waals surface area contributed by atoms with Crippen LogP contribution in [0.2, 0.25) is 0 Å². The lowest BCUT2D eigenvalue weighted by Crippen LogP contribution is -2.48. The van der Waals surface area contributed by atoms with E-state index in [1.54, 1.807) is 0 Å². The number of halogens is 4. The molecule has 0 aromatic heterocycles. The minimum absolute atomic E-state index is 0.0700. The lowest BCUT2D eigenvalue weighted by molar-refractivity contribution is -0.222. The van der Waals surface area contributed by atoms with Gasteiger partial charge in [-0.05, 0) is 30.9 Å². The second-order valence-corrected chi connectivity index (χ2v) is 5.55. The Kier molecular flexibility index (Phi) is 5.43. The molecule has 1 aromatic carbocycles. The number of amides is 2. The van der Waals surface area contributed by atoms with Gasteiger partial charge in [0.25, 0.3) is 0 Å². The van der Waals surface area contributed by atoms with Crippen LogP contribution < -0.4 is 5.32 Å². The SMILES string of the molecule is O=C(Nc1ccccc1F)C(=O)N1CCC(C(O)C(F)(F)F)CC1. The molecule has 5 nitrogen and oxygen atoms in total. The molecule has 0 saturated carbocycles. The van der Waals surface area contributed by atoms with E-state index >= 15 is 0 Å². The van der Waals surface area contributed by atoms with Gasteiger partial charge in [0.2, 0.25) is 0 Å². The zero-order chi connectivity index (χ0) is 17.9. The average molecular weight is 348 g/mol. The molecular weight excluding hydrogens is 332 g/mol. The van der Waals surface area contributed by atoms with Gasteiger partial charge in [-0.2, -0.15) is 13.2 Å². The first kappa shape index (κ1) is 18.2. The Morgan fingerprint density at radius 1 is 1.21 bits per heavy atom. The number of carbonyl (C=O) groups is 2. The van der Waals surface area contributed by atoms with Crippen LogP contribution in [0.1, 0.15) is 12.8 Å². The number of para-hydroxylation sites is 1. The van der Waals surface area contributed by atoms with Crippen LogP contribution in [-0.4, -0.2) is 47.2 Å². The summed E-state index contributed by atoms with van der Waals surface area (Å²) in [4.78, 5) is 24.9. The lowest BCUT2D eigenvalue weighted by Gasteiger charge is -2.34. The maximum atomic E-state index is 13.4. The van der Waals surface area contributed by atoms with Crippen molar-refractivity contribution in [3.63, 3.8) is 0 Å². The van der Waals surface area contributed by atoms with Crippen LogP contribution in [0.15, 0.2) is 24.3 Å². The molecule has 1 aliphatic rings. The van der Waals surface area contributed by atoms with E-state index in [0.717, 1.165) is 11.0 Å². The van der Waals surface area contributed by atoms with Crippen molar-refractivity contribution < 1.29 is 32.3 Å². The smallest absolute Gasteiger partial charge is 0.383 e. The van der Waals surface area contributed by atoms with Gasteiger partial charge >= 0.3 is 18.0 Å². The average Bonchev–Trinajstić information content (AvgIpc) is 2.55. The monoisotopic (exact) mass is 348 g/mol. The molecule has 2 rings (SSSR count). The number of hydrogen-bond acceptors (Lipinski definition) is 3. The van der Waals surface area contributed by atoms with E-state index < -0.39 is 35.8 Å². The van der Waals surface area contributed by atoms with E-state index in [1.807, 2.05) is 0 Å². The predicted molar refractivity (Wildman–Crippen MR) is 76.4 cm³/mol. The Morgan fingerprint density at radius 2 is 1.79 bits per heavy atom. The Labute approximate surface area is 135 Å². The molecule has 2 N–H and O–H groups in total. The van der Waals surface area contributed by atoms with Gasteiger partial charge in [0, 0.05) is 13.1 Å². The van der Waals surface area contributed by atoms with Crippen molar-refractivity contribution in [1.29, 1.82) is 0 Å². The second-order valence-electron chi connectivity index (χ2n) is 5.55. The third kappa shape index (κ3) is 4.22. The van der Waals surface area contributed by atoms with Gasteiger partial charge in [0.1, 0.15) is 5.82 Å². The van der Waals surface area contributed by atoms with Gasteiger partial charge in [0.05, 0.1) is 5.69 Å². The van der Waals surface area contributed by atoms with E-state index in [9.17, 15) is 32.3 Å². The highest BCUT2D eigenvalue weighted by atomic mass is 19.4. The molecule has 0 bridgehead atoms. The van der Waals surface area contributed by atoms with Gasteiger partial charge < -0.3 is 15.3 Å². The number of alkyl halides is 3. The summed E-state index contributed by atoms with van der Waals surface area (Å²) in [7, 11) is 0. The third-order valence-electron chi connectivity index (χ3n) is 3.93. The summed E-state index contributed by atoms with van der Waals surface area (Å²) < 4.78 is 50.8. The Balaban J connectivity index is 1.91. The number of aliphatic hydroxyl groups is 1. The minimum atomic E-state index is -4.71. The van der Waals surface area contributed by atoms with Gasteiger partial charge in [-0.15, -0.1) is 0 Å².